The molecule has 0 spiro atoms. The zero-order valence-electron chi connectivity index (χ0n) is 9.06. The third kappa shape index (κ3) is 1.74. The second-order valence-electron chi connectivity index (χ2n) is 4.29. The lowest BCUT2D eigenvalue weighted by Gasteiger charge is -2.05. The first-order valence-corrected chi connectivity index (χ1v) is 5.65. The third-order valence-corrected chi connectivity index (χ3v) is 3.00. The van der Waals surface area contributed by atoms with E-state index >= 15 is 0 Å². The van der Waals surface area contributed by atoms with Crippen LogP contribution in [0.2, 0.25) is 0 Å². The molecule has 0 aliphatic carbocycles. The van der Waals surface area contributed by atoms with Gasteiger partial charge in [0.2, 0.25) is 0 Å². The molecule has 0 saturated carbocycles. The van der Waals surface area contributed by atoms with E-state index in [1.54, 1.807) is 4.52 Å². The van der Waals surface area contributed by atoms with Gasteiger partial charge in [-0.3, -0.25) is 0 Å². The Bertz CT molecular complexity index is 498. The molecular weight excluding hydrogens is 202 g/mol. The van der Waals surface area contributed by atoms with Crippen LogP contribution in [0.3, 0.4) is 0 Å². The average molecular weight is 217 g/mol. The molecule has 2 aromatic rings. The lowest BCUT2D eigenvalue weighted by Crippen LogP contribution is -2.24. The van der Waals surface area contributed by atoms with Gasteiger partial charge in [-0.15, -0.1) is 0 Å². The number of nitrogens with two attached hydrogens (primary N) is 1. The van der Waals surface area contributed by atoms with Crippen molar-refractivity contribution < 1.29 is 0 Å². The Hall–Kier alpha value is -1.62. The molecule has 84 valence electrons. The number of aromatic nitrogens is 3. The number of rotatable bonds is 2. The molecule has 0 bridgehead atoms. The molecule has 1 atom stereocenters. The van der Waals surface area contributed by atoms with E-state index in [2.05, 4.69) is 15.4 Å². The Labute approximate surface area is 93.7 Å². The summed E-state index contributed by atoms with van der Waals surface area (Å²) < 4.78 is 1.78. The second-order valence-corrected chi connectivity index (χ2v) is 4.29. The summed E-state index contributed by atoms with van der Waals surface area (Å²) in [6, 6.07) is 4.22. The van der Waals surface area contributed by atoms with Crippen LogP contribution in [0.25, 0.3) is 5.65 Å². The van der Waals surface area contributed by atoms with Crippen molar-refractivity contribution in [2.24, 2.45) is 0 Å². The fraction of sp³-hybridized carbons (Fsp3) is 0.455. The number of hydrogen-bond acceptors (Lipinski definition) is 4. The van der Waals surface area contributed by atoms with E-state index in [1.165, 1.54) is 12.8 Å². The van der Waals surface area contributed by atoms with Crippen LogP contribution in [0.5, 0.6) is 0 Å². The van der Waals surface area contributed by atoms with Crippen LogP contribution in [0.1, 0.15) is 18.7 Å². The molecule has 0 radical (unpaired) electrons. The second kappa shape index (κ2) is 3.75. The number of hydrogen-bond donors (Lipinski definition) is 2. The Morgan fingerprint density at radius 3 is 3.31 bits per heavy atom. The summed E-state index contributed by atoms with van der Waals surface area (Å²) in [5, 5.41) is 7.87. The summed E-state index contributed by atoms with van der Waals surface area (Å²) in [4.78, 5) is 4.47. The first-order valence-electron chi connectivity index (χ1n) is 5.65. The minimum absolute atomic E-state index is 0.537. The molecule has 0 amide bonds. The normalized spacial score (nSPS) is 20.6. The van der Waals surface area contributed by atoms with E-state index in [-0.39, 0.29) is 0 Å². The average Bonchev–Trinajstić information content (AvgIpc) is 2.86. The molecule has 2 aromatic heterocycles. The zero-order valence-corrected chi connectivity index (χ0v) is 9.06. The molecule has 3 rings (SSSR count). The molecule has 1 aliphatic rings. The van der Waals surface area contributed by atoms with Crippen molar-refractivity contribution >= 4 is 11.3 Å². The van der Waals surface area contributed by atoms with Gasteiger partial charge < -0.3 is 11.1 Å². The zero-order chi connectivity index (χ0) is 11.0. The number of nitrogens with zero attached hydrogens (tertiary/aromatic N) is 3. The van der Waals surface area contributed by atoms with Crippen molar-refractivity contribution in [1.29, 1.82) is 0 Å². The number of fused-ring (bicyclic) bond motifs is 1. The molecule has 16 heavy (non-hydrogen) atoms. The van der Waals surface area contributed by atoms with Gasteiger partial charge in [0.1, 0.15) is 0 Å². The maximum Gasteiger partial charge on any atom is 0.157 e. The van der Waals surface area contributed by atoms with Gasteiger partial charge in [-0.05, 0) is 25.5 Å². The van der Waals surface area contributed by atoms with Gasteiger partial charge in [0.25, 0.3) is 0 Å². The van der Waals surface area contributed by atoms with Crippen molar-refractivity contribution in [2.75, 3.05) is 12.3 Å². The van der Waals surface area contributed by atoms with Crippen LogP contribution >= 0.6 is 0 Å². The monoisotopic (exact) mass is 217 g/mol. The minimum Gasteiger partial charge on any atom is -0.399 e. The van der Waals surface area contributed by atoms with Gasteiger partial charge in [-0.2, -0.15) is 5.10 Å². The van der Waals surface area contributed by atoms with Gasteiger partial charge in [-0.25, -0.2) is 9.50 Å². The van der Waals surface area contributed by atoms with Crippen molar-refractivity contribution in [3.05, 3.63) is 24.2 Å². The first-order chi connectivity index (χ1) is 7.81. The Morgan fingerprint density at radius 2 is 2.50 bits per heavy atom. The third-order valence-electron chi connectivity index (χ3n) is 3.00. The van der Waals surface area contributed by atoms with Crippen LogP contribution in [0.15, 0.2) is 18.3 Å². The molecule has 5 heteroatoms. The molecule has 3 heterocycles. The van der Waals surface area contributed by atoms with Gasteiger partial charge in [0.05, 0.1) is 0 Å². The van der Waals surface area contributed by atoms with E-state index in [0.29, 0.717) is 6.04 Å². The van der Waals surface area contributed by atoms with Crippen LogP contribution in [-0.2, 0) is 6.42 Å². The number of anilines is 1. The molecule has 1 unspecified atom stereocenters. The molecule has 1 saturated heterocycles. The fourth-order valence-corrected chi connectivity index (χ4v) is 2.18. The van der Waals surface area contributed by atoms with E-state index in [9.17, 15) is 0 Å². The van der Waals surface area contributed by atoms with Crippen LogP contribution in [0, 0.1) is 0 Å². The predicted octanol–water partition coefficient (Wildman–Crippen LogP) is 0.606. The van der Waals surface area contributed by atoms with Crippen LogP contribution in [0.4, 0.5) is 5.69 Å². The van der Waals surface area contributed by atoms with E-state index in [1.807, 2.05) is 18.3 Å². The quantitative estimate of drug-likeness (QED) is 0.773. The SMILES string of the molecule is Nc1ccn2nc(CC3CCCN3)nc2c1. The lowest BCUT2D eigenvalue weighted by atomic mass is 10.1. The summed E-state index contributed by atoms with van der Waals surface area (Å²) in [6.45, 7) is 1.12. The maximum atomic E-state index is 5.70. The highest BCUT2D eigenvalue weighted by atomic mass is 15.3. The van der Waals surface area contributed by atoms with Crippen molar-refractivity contribution in [3.63, 3.8) is 0 Å². The smallest absolute Gasteiger partial charge is 0.157 e. The van der Waals surface area contributed by atoms with E-state index in [0.717, 1.165) is 30.1 Å². The van der Waals surface area contributed by atoms with E-state index in [4.69, 9.17) is 5.73 Å². The van der Waals surface area contributed by atoms with Crippen LogP contribution < -0.4 is 11.1 Å². The summed E-state index contributed by atoms with van der Waals surface area (Å²) in [7, 11) is 0. The highest BCUT2D eigenvalue weighted by Crippen LogP contribution is 2.12. The standard InChI is InChI=1S/C11H15N5/c12-8-3-5-16-11(6-8)14-10(15-16)7-9-2-1-4-13-9/h3,5-6,9,13H,1-2,4,7,12H2. The van der Waals surface area contributed by atoms with Gasteiger partial charge in [0.15, 0.2) is 11.5 Å². The largest absolute Gasteiger partial charge is 0.399 e. The highest BCUT2D eigenvalue weighted by molar-refractivity contribution is 5.50. The first kappa shape index (κ1) is 9.59. The number of pyridine rings is 1. The predicted molar refractivity (Wildman–Crippen MR) is 62.1 cm³/mol. The Kier molecular flexibility index (Phi) is 2.25. The molecule has 0 aromatic carbocycles. The maximum absolute atomic E-state index is 5.70. The van der Waals surface area contributed by atoms with Crippen LogP contribution in [-0.4, -0.2) is 27.2 Å². The van der Waals surface area contributed by atoms with Crippen molar-refractivity contribution in [1.82, 2.24) is 19.9 Å². The summed E-state index contributed by atoms with van der Waals surface area (Å²) in [5.41, 5.74) is 7.26. The van der Waals surface area contributed by atoms with E-state index < -0.39 is 0 Å². The molecule has 1 aliphatic heterocycles. The van der Waals surface area contributed by atoms with Crippen molar-refractivity contribution in [3.8, 4) is 0 Å². The summed E-state index contributed by atoms with van der Waals surface area (Å²) in [6.07, 6.45) is 5.23. The van der Waals surface area contributed by atoms with Gasteiger partial charge in [0, 0.05) is 30.4 Å². The summed E-state index contributed by atoms with van der Waals surface area (Å²) in [5.74, 6) is 0.894. The number of nitrogen functional groups attached to an aromatic ring is 1. The summed E-state index contributed by atoms with van der Waals surface area (Å²) >= 11 is 0. The van der Waals surface area contributed by atoms with Crippen molar-refractivity contribution in [2.45, 2.75) is 25.3 Å². The lowest BCUT2D eigenvalue weighted by molar-refractivity contribution is 0.585. The molecule has 3 N–H and O–H groups in total. The van der Waals surface area contributed by atoms with Gasteiger partial charge >= 0.3 is 0 Å². The van der Waals surface area contributed by atoms with Gasteiger partial charge in [-0.1, -0.05) is 0 Å². The molecule has 5 nitrogen and oxygen atoms in total. The molecular formula is C11H15N5. The fourth-order valence-electron chi connectivity index (χ4n) is 2.18. The molecule has 1 fully saturated rings. The highest BCUT2D eigenvalue weighted by Gasteiger charge is 2.16. The minimum atomic E-state index is 0.537. The topological polar surface area (TPSA) is 68.2 Å². The number of nitrogens with one attached hydrogen (secondary N) is 1. The Balaban J connectivity index is 1.86. The Morgan fingerprint density at radius 1 is 1.56 bits per heavy atom.